The highest BCUT2D eigenvalue weighted by Crippen LogP contribution is 2.36. The lowest BCUT2D eigenvalue weighted by Gasteiger charge is -2.41. The summed E-state index contributed by atoms with van der Waals surface area (Å²) in [5, 5.41) is 0. The van der Waals surface area contributed by atoms with Crippen LogP contribution in [0.2, 0.25) is 0 Å². The Kier molecular flexibility index (Phi) is 5.09. The van der Waals surface area contributed by atoms with Crippen molar-refractivity contribution in [3.8, 4) is 11.3 Å². The van der Waals surface area contributed by atoms with Crippen molar-refractivity contribution in [2.24, 2.45) is 11.8 Å². The van der Waals surface area contributed by atoms with E-state index in [1.165, 1.54) is 31.7 Å². The summed E-state index contributed by atoms with van der Waals surface area (Å²) in [4.78, 5) is 14.6. The number of carbonyl (C=O) groups excluding carboxylic acids is 1. The maximum Gasteiger partial charge on any atom is 0.223 e. The summed E-state index contributed by atoms with van der Waals surface area (Å²) >= 11 is 0. The van der Waals surface area contributed by atoms with E-state index in [2.05, 4.69) is 0 Å². The van der Waals surface area contributed by atoms with Crippen molar-refractivity contribution >= 4 is 5.91 Å². The van der Waals surface area contributed by atoms with Crippen molar-refractivity contribution in [2.75, 3.05) is 13.1 Å². The molecule has 0 unspecified atom stereocenters. The van der Waals surface area contributed by atoms with Crippen molar-refractivity contribution in [3.05, 3.63) is 48.0 Å². The molecule has 1 saturated carbocycles. The first-order valence-electron chi connectivity index (χ1n) is 9.82. The molecular formula is C22H26FNO2. The SMILES string of the molecule is O=C(CCc1ccc(-c2ccccc2F)o1)N1CC[C@H]2CCCC[C@@H]2C1. The van der Waals surface area contributed by atoms with Crippen LogP contribution in [0.15, 0.2) is 40.8 Å². The molecule has 0 N–H and O–H groups in total. The van der Waals surface area contributed by atoms with E-state index in [0.29, 0.717) is 30.1 Å². The second-order valence-electron chi connectivity index (χ2n) is 7.68. The van der Waals surface area contributed by atoms with Crippen LogP contribution in [0, 0.1) is 17.7 Å². The molecule has 1 aromatic heterocycles. The molecule has 4 rings (SSSR count). The van der Waals surface area contributed by atoms with E-state index in [0.717, 1.165) is 31.2 Å². The summed E-state index contributed by atoms with van der Waals surface area (Å²) in [6.07, 6.45) is 7.48. The lowest BCUT2D eigenvalue weighted by molar-refractivity contribution is -0.134. The Morgan fingerprint density at radius 2 is 1.88 bits per heavy atom. The number of aryl methyl sites for hydroxylation is 1. The van der Waals surface area contributed by atoms with Crippen molar-refractivity contribution in [2.45, 2.75) is 44.9 Å². The number of likely N-dealkylation sites (tertiary alicyclic amines) is 1. The molecule has 0 spiro atoms. The maximum atomic E-state index is 13.9. The Balaban J connectivity index is 1.33. The van der Waals surface area contributed by atoms with Gasteiger partial charge >= 0.3 is 0 Å². The molecular weight excluding hydrogens is 329 g/mol. The van der Waals surface area contributed by atoms with E-state index in [1.807, 2.05) is 11.0 Å². The fourth-order valence-electron chi connectivity index (χ4n) is 4.53. The van der Waals surface area contributed by atoms with Gasteiger partial charge in [-0.05, 0) is 48.9 Å². The predicted molar refractivity (Wildman–Crippen MR) is 99.1 cm³/mol. The Morgan fingerprint density at radius 3 is 2.73 bits per heavy atom. The van der Waals surface area contributed by atoms with Crippen LogP contribution in [0.25, 0.3) is 11.3 Å². The summed E-state index contributed by atoms with van der Waals surface area (Å²) in [6.45, 7) is 1.83. The monoisotopic (exact) mass is 355 g/mol. The molecule has 3 nitrogen and oxygen atoms in total. The summed E-state index contributed by atoms with van der Waals surface area (Å²) in [5.74, 6) is 2.73. The van der Waals surface area contributed by atoms with Crippen LogP contribution in [0.1, 0.15) is 44.3 Å². The van der Waals surface area contributed by atoms with Gasteiger partial charge in [-0.2, -0.15) is 0 Å². The largest absolute Gasteiger partial charge is 0.461 e. The number of hydrogen-bond donors (Lipinski definition) is 0. The first-order valence-corrected chi connectivity index (χ1v) is 9.82. The number of nitrogens with zero attached hydrogens (tertiary/aromatic N) is 1. The zero-order chi connectivity index (χ0) is 17.9. The van der Waals surface area contributed by atoms with Gasteiger partial charge in [-0.15, -0.1) is 0 Å². The fraction of sp³-hybridized carbons (Fsp3) is 0.500. The lowest BCUT2D eigenvalue weighted by Crippen LogP contribution is -2.44. The second-order valence-corrected chi connectivity index (χ2v) is 7.68. The Morgan fingerprint density at radius 1 is 1.08 bits per heavy atom. The van der Waals surface area contributed by atoms with E-state index in [1.54, 1.807) is 24.3 Å². The Labute approximate surface area is 154 Å². The Hall–Kier alpha value is -2.10. The molecule has 2 fully saturated rings. The zero-order valence-corrected chi connectivity index (χ0v) is 15.1. The number of fused-ring (bicyclic) bond motifs is 1. The smallest absolute Gasteiger partial charge is 0.223 e. The Bertz CT molecular complexity index is 769. The lowest BCUT2D eigenvalue weighted by atomic mass is 9.75. The topological polar surface area (TPSA) is 33.5 Å². The molecule has 1 aliphatic carbocycles. The van der Waals surface area contributed by atoms with Crippen LogP contribution < -0.4 is 0 Å². The normalized spacial score (nSPS) is 22.9. The van der Waals surface area contributed by atoms with Crippen LogP contribution in [-0.2, 0) is 11.2 Å². The van der Waals surface area contributed by atoms with Crippen LogP contribution in [0.3, 0.4) is 0 Å². The van der Waals surface area contributed by atoms with Crippen molar-refractivity contribution in [1.82, 2.24) is 4.90 Å². The number of piperidine rings is 1. The van der Waals surface area contributed by atoms with E-state index in [-0.39, 0.29) is 11.7 Å². The summed E-state index contributed by atoms with van der Waals surface area (Å²) in [6, 6.07) is 10.2. The van der Waals surface area contributed by atoms with E-state index in [9.17, 15) is 9.18 Å². The quantitative estimate of drug-likeness (QED) is 0.768. The molecule has 2 atom stereocenters. The zero-order valence-electron chi connectivity index (χ0n) is 15.1. The van der Waals surface area contributed by atoms with E-state index < -0.39 is 0 Å². The number of benzene rings is 1. The predicted octanol–water partition coefficient (Wildman–Crippen LogP) is 5.06. The van der Waals surface area contributed by atoms with Gasteiger partial charge in [-0.3, -0.25) is 4.79 Å². The number of carbonyl (C=O) groups is 1. The second kappa shape index (κ2) is 7.65. The first-order chi connectivity index (χ1) is 12.7. The number of furan rings is 1. The molecule has 0 radical (unpaired) electrons. The van der Waals surface area contributed by atoms with E-state index >= 15 is 0 Å². The molecule has 138 valence electrons. The average molecular weight is 355 g/mol. The molecule has 2 heterocycles. The van der Waals surface area contributed by atoms with Crippen molar-refractivity contribution in [3.63, 3.8) is 0 Å². The summed E-state index contributed by atoms with van der Waals surface area (Å²) < 4.78 is 19.6. The van der Waals surface area contributed by atoms with Gasteiger partial charge < -0.3 is 9.32 Å². The van der Waals surface area contributed by atoms with Crippen molar-refractivity contribution < 1.29 is 13.6 Å². The molecule has 4 heteroatoms. The van der Waals surface area contributed by atoms with E-state index in [4.69, 9.17) is 4.42 Å². The molecule has 1 saturated heterocycles. The van der Waals surface area contributed by atoms with Gasteiger partial charge in [0.2, 0.25) is 5.91 Å². The highest BCUT2D eigenvalue weighted by atomic mass is 19.1. The number of hydrogen-bond acceptors (Lipinski definition) is 2. The number of halogens is 1. The standard InChI is InChI=1S/C22H26FNO2/c23-20-8-4-3-7-19(20)21-11-9-18(26-21)10-12-22(25)24-14-13-16-5-1-2-6-17(16)15-24/h3-4,7-9,11,16-17H,1-2,5-6,10,12-15H2/t16-,17-/m1/s1. The molecule has 2 aromatic rings. The maximum absolute atomic E-state index is 13.9. The summed E-state index contributed by atoms with van der Waals surface area (Å²) in [7, 11) is 0. The molecule has 0 bridgehead atoms. The third-order valence-corrected chi connectivity index (χ3v) is 6.03. The van der Waals surface area contributed by atoms with Gasteiger partial charge in [-0.25, -0.2) is 4.39 Å². The van der Waals surface area contributed by atoms with Crippen LogP contribution in [-0.4, -0.2) is 23.9 Å². The number of amides is 1. The van der Waals surface area contributed by atoms with Crippen molar-refractivity contribution in [1.29, 1.82) is 0 Å². The van der Waals surface area contributed by atoms with Gasteiger partial charge in [0.25, 0.3) is 0 Å². The van der Waals surface area contributed by atoms with Crippen LogP contribution >= 0.6 is 0 Å². The third-order valence-electron chi connectivity index (χ3n) is 6.03. The van der Waals surface area contributed by atoms with Gasteiger partial charge in [0, 0.05) is 25.9 Å². The molecule has 26 heavy (non-hydrogen) atoms. The first kappa shape index (κ1) is 17.3. The number of rotatable bonds is 4. The fourth-order valence-corrected chi connectivity index (χ4v) is 4.53. The van der Waals surface area contributed by atoms with Gasteiger partial charge in [0.15, 0.2) is 0 Å². The molecule has 1 aromatic carbocycles. The van der Waals surface area contributed by atoms with Crippen LogP contribution in [0.4, 0.5) is 4.39 Å². The minimum Gasteiger partial charge on any atom is -0.461 e. The molecule has 1 amide bonds. The minimum absolute atomic E-state index is 0.220. The average Bonchev–Trinajstić information content (AvgIpc) is 3.15. The molecule has 1 aliphatic heterocycles. The third kappa shape index (κ3) is 3.69. The van der Waals surface area contributed by atoms with Gasteiger partial charge in [0.1, 0.15) is 17.3 Å². The summed E-state index contributed by atoms with van der Waals surface area (Å²) in [5.41, 5.74) is 0.462. The minimum atomic E-state index is -0.292. The van der Waals surface area contributed by atoms with Gasteiger partial charge in [-0.1, -0.05) is 31.4 Å². The highest BCUT2D eigenvalue weighted by molar-refractivity contribution is 5.76. The highest BCUT2D eigenvalue weighted by Gasteiger charge is 2.32. The van der Waals surface area contributed by atoms with Gasteiger partial charge in [0.05, 0.1) is 5.56 Å². The van der Waals surface area contributed by atoms with Crippen LogP contribution in [0.5, 0.6) is 0 Å². The molecule has 2 aliphatic rings.